The normalized spacial score (nSPS) is 29.6. The van der Waals surface area contributed by atoms with Gasteiger partial charge >= 0.3 is 6.18 Å². The van der Waals surface area contributed by atoms with Crippen molar-refractivity contribution in [2.45, 2.75) is 89.3 Å². The summed E-state index contributed by atoms with van der Waals surface area (Å²) >= 11 is 0. The number of nitrogens with zero attached hydrogens (tertiary/aromatic N) is 2. The fourth-order valence-corrected chi connectivity index (χ4v) is 6.18. The van der Waals surface area contributed by atoms with Crippen molar-refractivity contribution >= 4 is 5.91 Å². The van der Waals surface area contributed by atoms with Gasteiger partial charge in [0.25, 0.3) is 0 Å². The minimum Gasteiger partial charge on any atom is -0.353 e. The third-order valence-corrected chi connectivity index (χ3v) is 8.03. The Labute approximate surface area is 199 Å². The molecule has 0 bridgehead atoms. The van der Waals surface area contributed by atoms with E-state index in [4.69, 9.17) is 4.74 Å². The summed E-state index contributed by atoms with van der Waals surface area (Å²) in [6, 6.07) is 5.70. The highest BCUT2D eigenvalue weighted by atomic mass is 19.4. The summed E-state index contributed by atoms with van der Waals surface area (Å²) in [5, 5.41) is 0. The van der Waals surface area contributed by atoms with Crippen LogP contribution in [0.1, 0.15) is 69.9 Å². The average molecular weight is 485 g/mol. The summed E-state index contributed by atoms with van der Waals surface area (Å²) < 4.78 is 58.1. The molecule has 4 nitrogen and oxygen atoms in total. The van der Waals surface area contributed by atoms with E-state index in [0.29, 0.717) is 44.9 Å². The van der Waals surface area contributed by atoms with E-state index < -0.39 is 17.5 Å². The summed E-state index contributed by atoms with van der Waals surface area (Å²) in [4.78, 5) is 17.2. The largest absolute Gasteiger partial charge is 0.416 e. The Bertz CT molecular complexity index is 844. The first kappa shape index (κ1) is 25.4. The molecule has 8 heteroatoms. The van der Waals surface area contributed by atoms with Gasteiger partial charge in [-0.3, -0.25) is 14.1 Å². The third-order valence-electron chi connectivity index (χ3n) is 8.03. The zero-order chi connectivity index (χ0) is 24.5. The molecule has 34 heavy (non-hydrogen) atoms. The van der Waals surface area contributed by atoms with E-state index in [-0.39, 0.29) is 30.6 Å². The molecular formula is C26H36F4N2O2. The average Bonchev–Trinajstić information content (AvgIpc) is 3.19. The van der Waals surface area contributed by atoms with Crippen molar-refractivity contribution in [1.82, 2.24) is 9.80 Å². The molecule has 1 spiro atoms. The minimum absolute atomic E-state index is 0.111. The van der Waals surface area contributed by atoms with E-state index in [1.165, 1.54) is 0 Å². The number of carbonyl (C=O) groups excluding carboxylic acids is 1. The van der Waals surface area contributed by atoms with Crippen LogP contribution in [-0.2, 0) is 22.3 Å². The lowest BCUT2D eigenvalue weighted by Crippen LogP contribution is -2.63. The topological polar surface area (TPSA) is 32.8 Å². The number of halogens is 4. The molecule has 3 fully saturated rings. The van der Waals surface area contributed by atoms with E-state index in [2.05, 4.69) is 18.7 Å². The SMILES string of the molecule is CC(C)[C@H]1CO[C@]23CC[C@@H](N(CCCCF)Cc4ccc(C(F)(F)F)cc4)C[C@H]2CCC(=O)N13. The Kier molecular flexibility index (Phi) is 7.58. The van der Waals surface area contributed by atoms with Crippen LogP contribution in [0.15, 0.2) is 24.3 Å². The van der Waals surface area contributed by atoms with Gasteiger partial charge < -0.3 is 9.64 Å². The van der Waals surface area contributed by atoms with Gasteiger partial charge in [0.05, 0.1) is 24.9 Å². The predicted molar refractivity (Wildman–Crippen MR) is 122 cm³/mol. The number of hydrogen-bond acceptors (Lipinski definition) is 3. The lowest BCUT2D eigenvalue weighted by molar-refractivity contribution is -0.191. The molecule has 1 aromatic carbocycles. The van der Waals surface area contributed by atoms with Crippen molar-refractivity contribution in [3.63, 3.8) is 0 Å². The minimum atomic E-state index is -4.35. The molecule has 1 aliphatic carbocycles. The van der Waals surface area contributed by atoms with Gasteiger partial charge in [0.15, 0.2) is 0 Å². The molecule has 1 aromatic rings. The van der Waals surface area contributed by atoms with Crippen LogP contribution in [0.2, 0.25) is 0 Å². The Morgan fingerprint density at radius 3 is 2.56 bits per heavy atom. The molecule has 4 atom stereocenters. The van der Waals surface area contributed by atoms with Crippen molar-refractivity contribution in [2.75, 3.05) is 19.8 Å². The van der Waals surface area contributed by atoms with Gasteiger partial charge in [-0.05, 0) is 68.7 Å². The second kappa shape index (κ2) is 10.1. The molecule has 2 heterocycles. The van der Waals surface area contributed by atoms with E-state index >= 15 is 0 Å². The summed E-state index contributed by atoms with van der Waals surface area (Å²) in [7, 11) is 0. The second-order valence-electron chi connectivity index (χ2n) is 10.5. The van der Waals surface area contributed by atoms with Crippen LogP contribution in [-0.4, -0.2) is 53.3 Å². The summed E-state index contributed by atoms with van der Waals surface area (Å²) in [6.07, 6.45) is 0.666. The fourth-order valence-electron chi connectivity index (χ4n) is 6.18. The molecule has 3 aliphatic rings. The van der Waals surface area contributed by atoms with Gasteiger partial charge in [0.1, 0.15) is 5.72 Å². The maximum atomic E-state index is 13.0. The van der Waals surface area contributed by atoms with Crippen LogP contribution in [0.3, 0.4) is 0 Å². The highest BCUT2D eigenvalue weighted by molar-refractivity contribution is 5.78. The maximum absolute atomic E-state index is 13.0. The lowest BCUT2D eigenvalue weighted by Gasteiger charge is -2.53. The van der Waals surface area contributed by atoms with Crippen LogP contribution in [0.25, 0.3) is 0 Å². The number of carbonyl (C=O) groups is 1. The van der Waals surface area contributed by atoms with Gasteiger partial charge in [0, 0.05) is 24.9 Å². The van der Waals surface area contributed by atoms with Gasteiger partial charge in [-0.25, -0.2) is 0 Å². The van der Waals surface area contributed by atoms with Crippen molar-refractivity contribution in [3.05, 3.63) is 35.4 Å². The number of hydrogen-bond donors (Lipinski definition) is 0. The highest BCUT2D eigenvalue weighted by Gasteiger charge is 2.59. The zero-order valence-electron chi connectivity index (χ0n) is 20.1. The van der Waals surface area contributed by atoms with Crippen LogP contribution >= 0.6 is 0 Å². The highest BCUT2D eigenvalue weighted by Crippen LogP contribution is 2.51. The Hall–Kier alpha value is -1.67. The Morgan fingerprint density at radius 2 is 1.91 bits per heavy atom. The monoisotopic (exact) mass is 484 g/mol. The molecule has 2 saturated heterocycles. The maximum Gasteiger partial charge on any atom is 0.416 e. The number of ether oxygens (including phenoxy) is 1. The van der Waals surface area contributed by atoms with E-state index in [9.17, 15) is 22.4 Å². The molecule has 4 rings (SSSR count). The smallest absolute Gasteiger partial charge is 0.353 e. The molecule has 1 amide bonds. The van der Waals surface area contributed by atoms with Crippen molar-refractivity contribution in [1.29, 1.82) is 0 Å². The van der Waals surface area contributed by atoms with Gasteiger partial charge in [-0.1, -0.05) is 26.0 Å². The molecule has 0 radical (unpaired) electrons. The third kappa shape index (κ3) is 4.99. The van der Waals surface area contributed by atoms with Crippen molar-refractivity contribution < 1.29 is 27.1 Å². The summed E-state index contributed by atoms with van der Waals surface area (Å²) in [5.74, 6) is 0.760. The number of amides is 1. The number of piperidine rings is 1. The summed E-state index contributed by atoms with van der Waals surface area (Å²) in [6.45, 7) is 5.71. The van der Waals surface area contributed by atoms with Gasteiger partial charge in [0.2, 0.25) is 5.91 Å². The quantitative estimate of drug-likeness (QED) is 0.345. The molecule has 0 N–H and O–H groups in total. The second-order valence-corrected chi connectivity index (χ2v) is 10.5. The number of alkyl halides is 4. The molecule has 1 saturated carbocycles. The molecular weight excluding hydrogens is 448 g/mol. The van der Waals surface area contributed by atoms with Crippen molar-refractivity contribution in [2.24, 2.45) is 11.8 Å². The molecule has 190 valence electrons. The predicted octanol–water partition coefficient (Wildman–Crippen LogP) is 5.80. The number of rotatable bonds is 8. The fraction of sp³-hybridized carbons (Fsp3) is 0.731. The van der Waals surface area contributed by atoms with Crippen LogP contribution in [0.4, 0.5) is 17.6 Å². The first-order valence-corrected chi connectivity index (χ1v) is 12.6. The van der Waals surface area contributed by atoms with E-state index in [0.717, 1.165) is 43.4 Å². The first-order chi connectivity index (χ1) is 16.2. The van der Waals surface area contributed by atoms with Crippen molar-refractivity contribution in [3.8, 4) is 0 Å². The number of unbranched alkanes of at least 4 members (excludes halogenated alkanes) is 1. The van der Waals surface area contributed by atoms with E-state index in [1.54, 1.807) is 12.1 Å². The van der Waals surface area contributed by atoms with Gasteiger partial charge in [-0.15, -0.1) is 0 Å². The first-order valence-electron chi connectivity index (χ1n) is 12.6. The number of benzene rings is 1. The van der Waals surface area contributed by atoms with Gasteiger partial charge in [-0.2, -0.15) is 13.2 Å². The van der Waals surface area contributed by atoms with E-state index in [1.807, 2.05) is 4.90 Å². The molecule has 0 aromatic heterocycles. The summed E-state index contributed by atoms with van der Waals surface area (Å²) in [5.41, 5.74) is -0.337. The van der Waals surface area contributed by atoms with Crippen LogP contribution in [0, 0.1) is 11.8 Å². The Balaban J connectivity index is 1.50. The standard InChI is InChI=1S/C26H36F4N2O2/c1-18(2)23-17-34-25-12-11-22(15-21(25)9-10-24(33)32(23)25)31(14-4-3-13-27)16-19-5-7-20(8-6-19)26(28,29)30/h5-8,18,21-23H,3-4,9-17H2,1-2H3/t21-,22-,23-,25-/m1/s1. The van der Waals surface area contributed by atoms with Crippen LogP contribution in [0.5, 0.6) is 0 Å². The lowest BCUT2D eigenvalue weighted by atomic mass is 9.72. The van der Waals surface area contributed by atoms with Crippen LogP contribution < -0.4 is 0 Å². The zero-order valence-corrected chi connectivity index (χ0v) is 20.1. The molecule has 0 unspecified atom stereocenters. The molecule has 2 aliphatic heterocycles. The Morgan fingerprint density at radius 1 is 1.18 bits per heavy atom.